The topological polar surface area (TPSA) is 67.8 Å². The van der Waals surface area contributed by atoms with Gasteiger partial charge in [-0.05, 0) is 92.2 Å². The number of ether oxygens (including phenoxy) is 1. The van der Waals surface area contributed by atoms with Crippen molar-refractivity contribution in [2.45, 2.75) is 77.9 Å². The lowest BCUT2D eigenvalue weighted by atomic mass is 9.87. The van der Waals surface area contributed by atoms with E-state index in [1.807, 2.05) is 26.8 Å². The average molecular weight is 548 g/mol. The number of carbonyl (C=O) groups is 2. The van der Waals surface area contributed by atoms with E-state index in [9.17, 15) is 9.59 Å². The molecule has 1 aliphatic carbocycles. The Morgan fingerprint density at radius 3 is 2.72 bits per heavy atom. The van der Waals surface area contributed by atoms with Crippen LogP contribution in [0.25, 0.3) is 0 Å². The lowest BCUT2D eigenvalue weighted by molar-refractivity contribution is -0.115. The standard InChI is InChI=1S/C26H33IN2O3/c1-17-15-23(30)21(27)16-28-24(17)19-11-7-10-18-9-5-6-13-20(18)22(14-8-12-19)29-25(31)32-26(2,3)4/h5-6,9,12-13,16-17,22H,7-8,10-11,14-15H2,1-4H3,(H,29,31)/b19-12+/t17?,22-/m0/s1. The number of rotatable bonds is 2. The lowest BCUT2D eigenvalue weighted by Crippen LogP contribution is -2.35. The molecule has 0 radical (unpaired) electrons. The van der Waals surface area contributed by atoms with Gasteiger partial charge in [0, 0.05) is 24.3 Å². The molecule has 1 heterocycles. The zero-order valence-electron chi connectivity index (χ0n) is 19.4. The molecule has 2 aliphatic rings. The highest BCUT2D eigenvalue weighted by molar-refractivity contribution is 14.1. The van der Waals surface area contributed by atoms with Crippen molar-refractivity contribution in [3.63, 3.8) is 0 Å². The number of hydrogen-bond donors (Lipinski definition) is 1. The number of halogens is 1. The van der Waals surface area contributed by atoms with Crippen LogP contribution in [0.4, 0.5) is 4.79 Å². The van der Waals surface area contributed by atoms with Crippen LogP contribution in [0.1, 0.15) is 77.0 Å². The molecule has 1 unspecified atom stereocenters. The van der Waals surface area contributed by atoms with Crippen molar-refractivity contribution in [1.29, 1.82) is 0 Å². The molecule has 1 N–H and O–H groups in total. The van der Waals surface area contributed by atoms with E-state index < -0.39 is 11.7 Å². The fourth-order valence-electron chi connectivity index (χ4n) is 4.28. The van der Waals surface area contributed by atoms with E-state index in [1.165, 1.54) is 16.7 Å². The van der Waals surface area contributed by atoms with Crippen LogP contribution in [0, 0.1) is 5.92 Å². The van der Waals surface area contributed by atoms with Crippen LogP contribution in [0.5, 0.6) is 0 Å². The van der Waals surface area contributed by atoms with E-state index in [0.717, 1.165) is 37.8 Å². The molecule has 2 atom stereocenters. The van der Waals surface area contributed by atoms with Gasteiger partial charge >= 0.3 is 6.09 Å². The number of allylic oxidation sites excluding steroid dienone is 3. The molecule has 5 nitrogen and oxygen atoms in total. The first-order valence-corrected chi connectivity index (χ1v) is 12.4. The summed E-state index contributed by atoms with van der Waals surface area (Å²) in [6.45, 7) is 7.70. The Kier molecular flexibility index (Phi) is 8.31. The van der Waals surface area contributed by atoms with Crippen molar-refractivity contribution < 1.29 is 14.3 Å². The summed E-state index contributed by atoms with van der Waals surface area (Å²) in [5, 5.41) is 3.10. The van der Waals surface area contributed by atoms with Gasteiger partial charge in [0.1, 0.15) is 5.60 Å². The summed E-state index contributed by atoms with van der Waals surface area (Å²) in [6, 6.07) is 8.23. The Bertz CT molecular complexity index is 956. The number of alkyl carbamates (subject to hydrolysis) is 1. The summed E-state index contributed by atoms with van der Waals surface area (Å²) in [5.41, 5.74) is 4.13. The van der Waals surface area contributed by atoms with Crippen molar-refractivity contribution in [1.82, 2.24) is 5.32 Å². The van der Waals surface area contributed by atoms with Crippen LogP contribution in [-0.2, 0) is 16.0 Å². The average Bonchev–Trinajstić information content (AvgIpc) is 2.83. The quantitative estimate of drug-likeness (QED) is 0.423. The third-order valence-electron chi connectivity index (χ3n) is 5.73. The van der Waals surface area contributed by atoms with Crippen molar-refractivity contribution in [3.05, 3.63) is 56.8 Å². The fraction of sp³-hybridized carbons (Fsp3) is 0.500. The number of amides is 1. The second-order valence-corrected chi connectivity index (χ2v) is 10.7. The number of Topliss-reactive ketones (excluding diaryl/α,β-unsaturated/α-hetero) is 1. The molecule has 172 valence electrons. The van der Waals surface area contributed by atoms with Gasteiger partial charge in [0.25, 0.3) is 0 Å². The Labute approximate surface area is 204 Å². The number of aliphatic imine (C=N–C) groups is 1. The molecule has 32 heavy (non-hydrogen) atoms. The summed E-state index contributed by atoms with van der Waals surface area (Å²) < 4.78 is 6.22. The molecule has 1 aromatic rings. The highest BCUT2D eigenvalue weighted by Crippen LogP contribution is 2.30. The molecule has 0 fully saturated rings. The molecule has 1 aromatic carbocycles. The summed E-state index contributed by atoms with van der Waals surface area (Å²) in [4.78, 5) is 29.5. The minimum Gasteiger partial charge on any atom is -0.444 e. The van der Waals surface area contributed by atoms with Gasteiger partial charge in [-0.25, -0.2) is 4.79 Å². The molecule has 0 aromatic heterocycles. The number of nitrogens with zero attached hydrogens (tertiary/aromatic N) is 1. The number of nitrogens with one attached hydrogen (secondary N) is 1. The summed E-state index contributed by atoms with van der Waals surface area (Å²) in [7, 11) is 0. The van der Waals surface area contributed by atoms with Gasteiger partial charge in [-0.2, -0.15) is 0 Å². The lowest BCUT2D eigenvalue weighted by Gasteiger charge is -2.26. The van der Waals surface area contributed by atoms with Gasteiger partial charge in [0.15, 0.2) is 5.78 Å². The van der Waals surface area contributed by atoms with Crippen LogP contribution in [-0.4, -0.2) is 23.2 Å². The van der Waals surface area contributed by atoms with Gasteiger partial charge in [-0.1, -0.05) is 37.3 Å². The van der Waals surface area contributed by atoms with Gasteiger partial charge in [-0.15, -0.1) is 0 Å². The Balaban J connectivity index is 1.85. The molecule has 0 bridgehead atoms. The maximum Gasteiger partial charge on any atom is 0.408 e. The van der Waals surface area contributed by atoms with E-state index in [4.69, 9.17) is 9.73 Å². The predicted octanol–water partition coefficient (Wildman–Crippen LogP) is 6.62. The van der Waals surface area contributed by atoms with Gasteiger partial charge < -0.3 is 10.1 Å². The first kappa shape index (κ1) is 24.7. The smallest absolute Gasteiger partial charge is 0.408 e. The Morgan fingerprint density at radius 2 is 1.97 bits per heavy atom. The second-order valence-electron chi connectivity index (χ2n) is 9.58. The monoisotopic (exact) mass is 548 g/mol. The zero-order chi connectivity index (χ0) is 23.3. The molecule has 3 rings (SSSR count). The predicted molar refractivity (Wildman–Crippen MR) is 137 cm³/mol. The van der Waals surface area contributed by atoms with E-state index >= 15 is 0 Å². The highest BCUT2D eigenvalue weighted by atomic mass is 127. The summed E-state index contributed by atoms with van der Waals surface area (Å²) >= 11 is 2.08. The number of benzene rings is 1. The molecular formula is C26H33IN2O3. The number of hydrogen-bond acceptors (Lipinski definition) is 4. The molecule has 1 aliphatic heterocycles. The van der Waals surface area contributed by atoms with Crippen LogP contribution in [0.2, 0.25) is 0 Å². The SMILES string of the molecule is CC1CC(=O)C(I)=CN=C1/C1=C/CC[C@H](NC(=O)OC(C)(C)C)c2ccccc2CCC1. The van der Waals surface area contributed by atoms with E-state index in [-0.39, 0.29) is 17.7 Å². The van der Waals surface area contributed by atoms with E-state index in [1.54, 1.807) is 6.20 Å². The van der Waals surface area contributed by atoms with Crippen LogP contribution < -0.4 is 5.32 Å². The number of ketones is 1. The van der Waals surface area contributed by atoms with E-state index in [0.29, 0.717) is 10.0 Å². The minimum absolute atomic E-state index is 0.100. The second kappa shape index (κ2) is 10.8. The Morgan fingerprint density at radius 1 is 1.22 bits per heavy atom. The van der Waals surface area contributed by atoms with Gasteiger partial charge in [-0.3, -0.25) is 9.79 Å². The maximum atomic E-state index is 12.5. The first-order chi connectivity index (χ1) is 15.1. The van der Waals surface area contributed by atoms with E-state index in [2.05, 4.69) is 59.1 Å². The minimum atomic E-state index is -0.539. The van der Waals surface area contributed by atoms with Gasteiger partial charge in [0.05, 0.1) is 9.62 Å². The molecule has 0 saturated heterocycles. The van der Waals surface area contributed by atoms with Crippen molar-refractivity contribution in [2.75, 3.05) is 0 Å². The fourth-order valence-corrected chi connectivity index (χ4v) is 4.64. The van der Waals surface area contributed by atoms with Crippen LogP contribution in [0.15, 0.2) is 50.7 Å². The maximum absolute atomic E-state index is 12.5. The zero-order valence-corrected chi connectivity index (χ0v) is 21.6. The first-order valence-electron chi connectivity index (χ1n) is 11.4. The number of fused-ring (bicyclic) bond motifs is 1. The summed E-state index contributed by atoms with van der Waals surface area (Å²) in [5.74, 6) is 0.260. The van der Waals surface area contributed by atoms with Crippen molar-refractivity contribution in [3.8, 4) is 0 Å². The number of aryl methyl sites for hydroxylation is 1. The van der Waals surface area contributed by atoms with Crippen LogP contribution in [0.3, 0.4) is 0 Å². The summed E-state index contributed by atoms with van der Waals surface area (Å²) in [6.07, 6.45) is 8.50. The number of carbonyl (C=O) groups excluding carboxylic acids is 2. The van der Waals surface area contributed by atoms with Gasteiger partial charge in [0.2, 0.25) is 0 Å². The molecule has 0 saturated carbocycles. The molecule has 6 heteroatoms. The highest BCUT2D eigenvalue weighted by Gasteiger charge is 2.25. The molecule has 0 spiro atoms. The third kappa shape index (κ3) is 6.77. The largest absolute Gasteiger partial charge is 0.444 e. The third-order valence-corrected chi connectivity index (χ3v) is 6.61. The van der Waals surface area contributed by atoms with Crippen molar-refractivity contribution in [2.24, 2.45) is 10.9 Å². The molecule has 1 amide bonds. The van der Waals surface area contributed by atoms with Crippen LogP contribution >= 0.6 is 22.6 Å². The van der Waals surface area contributed by atoms with Crippen molar-refractivity contribution >= 4 is 40.2 Å². The normalized spacial score (nSPS) is 24.2. The molecular weight excluding hydrogens is 515 g/mol. The Hall–Kier alpha value is -1.96.